The number of esters is 2. The van der Waals surface area contributed by atoms with Crippen molar-refractivity contribution in [3.8, 4) is 0 Å². The van der Waals surface area contributed by atoms with Crippen LogP contribution in [0.15, 0.2) is 15.8 Å². The lowest BCUT2D eigenvalue weighted by molar-refractivity contribution is -0.157. The van der Waals surface area contributed by atoms with Crippen molar-refractivity contribution in [3.05, 3.63) is 32.9 Å². The van der Waals surface area contributed by atoms with Crippen LogP contribution in [0.5, 0.6) is 0 Å². The smallest absolute Gasteiger partial charge is 0.330 e. The van der Waals surface area contributed by atoms with E-state index in [1.807, 2.05) is 4.98 Å². The van der Waals surface area contributed by atoms with Crippen molar-refractivity contribution >= 4 is 27.9 Å². The molecule has 2 rings (SSSR count). The Morgan fingerprint density at radius 2 is 1.96 bits per heavy atom. The van der Waals surface area contributed by atoms with Gasteiger partial charge in [-0.15, -0.1) is 0 Å². The summed E-state index contributed by atoms with van der Waals surface area (Å²) in [4.78, 5) is 47.3. The molecule has 0 aromatic carbocycles. The molecule has 1 aromatic rings. The van der Waals surface area contributed by atoms with E-state index in [0.29, 0.717) is 6.20 Å². The standard InChI is InChI=1S/C15H18BrFN2O7/c1-3-9(20)24-6-8-12(26-10(21)4-2)11(16)14(25-8)19-5-7(17)13(22)18-15(19)23/h5,8,11-12,14H,3-4,6H2,1-2H3,(H,18,22,23)/t8-,11+,12-,14+/m1/s1. The minimum absolute atomic E-state index is 0.107. The van der Waals surface area contributed by atoms with Crippen molar-refractivity contribution < 1.29 is 28.2 Å². The minimum atomic E-state index is -1.17. The molecule has 11 heteroatoms. The number of hydrogen-bond acceptors (Lipinski definition) is 7. The maximum absolute atomic E-state index is 13.6. The third-order valence-corrected chi connectivity index (χ3v) is 4.69. The summed E-state index contributed by atoms with van der Waals surface area (Å²) in [6.45, 7) is 3.01. The molecule has 1 aromatic heterocycles. The van der Waals surface area contributed by atoms with Crippen LogP contribution in [-0.4, -0.2) is 45.1 Å². The third kappa shape index (κ3) is 4.39. The fourth-order valence-corrected chi connectivity index (χ4v) is 3.18. The molecule has 0 amide bonds. The lowest BCUT2D eigenvalue weighted by Crippen LogP contribution is -2.38. The van der Waals surface area contributed by atoms with Crippen LogP contribution >= 0.6 is 15.9 Å². The van der Waals surface area contributed by atoms with E-state index in [0.717, 1.165) is 4.57 Å². The van der Waals surface area contributed by atoms with E-state index in [9.17, 15) is 23.6 Å². The van der Waals surface area contributed by atoms with E-state index in [-0.39, 0.29) is 19.4 Å². The molecular formula is C15H18BrFN2O7. The van der Waals surface area contributed by atoms with Crippen LogP contribution < -0.4 is 11.2 Å². The van der Waals surface area contributed by atoms with Crippen LogP contribution in [0.1, 0.15) is 32.9 Å². The second-order valence-electron chi connectivity index (χ2n) is 5.50. The number of carbonyl (C=O) groups is 2. The first-order valence-corrected chi connectivity index (χ1v) is 8.85. The predicted molar refractivity (Wildman–Crippen MR) is 89.3 cm³/mol. The number of nitrogens with zero attached hydrogens (tertiary/aromatic N) is 1. The molecule has 1 saturated heterocycles. The lowest BCUT2D eigenvalue weighted by atomic mass is 10.2. The maximum atomic E-state index is 13.6. The highest BCUT2D eigenvalue weighted by Crippen LogP contribution is 2.36. The molecule has 144 valence electrons. The number of carbonyl (C=O) groups excluding carboxylic acids is 2. The summed E-state index contributed by atoms with van der Waals surface area (Å²) in [5.74, 6) is -2.16. The molecule has 4 atom stereocenters. The van der Waals surface area contributed by atoms with Crippen LogP contribution in [0.4, 0.5) is 4.39 Å². The first-order valence-electron chi connectivity index (χ1n) is 7.94. The Hall–Kier alpha value is -2.01. The maximum Gasteiger partial charge on any atom is 0.330 e. The van der Waals surface area contributed by atoms with Gasteiger partial charge in [0, 0.05) is 12.8 Å². The van der Waals surface area contributed by atoms with E-state index in [1.165, 1.54) is 0 Å². The molecule has 1 fully saturated rings. The summed E-state index contributed by atoms with van der Waals surface area (Å²) in [5.41, 5.74) is -2.05. The molecule has 0 saturated carbocycles. The SMILES string of the molecule is CCC(=O)OC[C@H]1O[C@H](n2cc(F)c(=O)[nH]c2=O)[C@@H](Br)[C@@H]1OC(=O)CC. The topological polar surface area (TPSA) is 117 Å². The second-order valence-corrected chi connectivity index (χ2v) is 6.56. The molecule has 0 spiro atoms. The normalized spacial score (nSPS) is 25.1. The van der Waals surface area contributed by atoms with E-state index >= 15 is 0 Å². The van der Waals surface area contributed by atoms with Gasteiger partial charge in [0.1, 0.15) is 18.8 Å². The average Bonchev–Trinajstić information content (AvgIpc) is 2.91. The third-order valence-electron chi connectivity index (χ3n) is 3.72. The number of aromatic amines is 1. The highest BCUT2D eigenvalue weighted by atomic mass is 79.9. The number of halogens is 2. The largest absolute Gasteiger partial charge is 0.463 e. The molecule has 2 heterocycles. The van der Waals surface area contributed by atoms with E-state index in [4.69, 9.17) is 14.2 Å². The Morgan fingerprint density at radius 3 is 2.58 bits per heavy atom. The summed E-state index contributed by atoms with van der Waals surface area (Å²) in [5, 5.41) is 0. The lowest BCUT2D eigenvalue weighted by Gasteiger charge is -2.20. The number of ether oxygens (including phenoxy) is 3. The van der Waals surface area contributed by atoms with Gasteiger partial charge < -0.3 is 14.2 Å². The second kappa shape index (κ2) is 8.58. The Bertz CT molecular complexity index is 793. The van der Waals surface area contributed by atoms with Gasteiger partial charge in [-0.2, -0.15) is 4.39 Å². The average molecular weight is 437 g/mol. The molecule has 0 unspecified atom stereocenters. The van der Waals surface area contributed by atoms with Gasteiger partial charge in [-0.1, -0.05) is 29.8 Å². The minimum Gasteiger partial charge on any atom is -0.463 e. The Morgan fingerprint density at radius 1 is 1.31 bits per heavy atom. The quantitative estimate of drug-likeness (QED) is 0.512. The molecule has 0 radical (unpaired) electrons. The zero-order valence-corrected chi connectivity index (χ0v) is 15.7. The van der Waals surface area contributed by atoms with Crippen LogP contribution in [0.3, 0.4) is 0 Å². The molecule has 26 heavy (non-hydrogen) atoms. The van der Waals surface area contributed by atoms with E-state index in [1.54, 1.807) is 13.8 Å². The Labute approximate surface area is 155 Å². The van der Waals surface area contributed by atoms with Gasteiger partial charge in [-0.3, -0.25) is 23.9 Å². The summed E-state index contributed by atoms with van der Waals surface area (Å²) in [6.07, 6.45) is -1.89. The molecule has 9 nitrogen and oxygen atoms in total. The zero-order chi connectivity index (χ0) is 19.4. The van der Waals surface area contributed by atoms with Gasteiger partial charge in [0.25, 0.3) is 5.56 Å². The van der Waals surface area contributed by atoms with Crippen LogP contribution in [0.2, 0.25) is 0 Å². The molecule has 1 aliphatic rings. The van der Waals surface area contributed by atoms with Crippen molar-refractivity contribution in [1.82, 2.24) is 9.55 Å². The van der Waals surface area contributed by atoms with Crippen LogP contribution in [-0.2, 0) is 23.8 Å². The van der Waals surface area contributed by atoms with Crippen molar-refractivity contribution in [3.63, 3.8) is 0 Å². The van der Waals surface area contributed by atoms with Gasteiger partial charge >= 0.3 is 17.6 Å². The summed E-state index contributed by atoms with van der Waals surface area (Å²) in [6, 6.07) is 0. The Kier molecular flexibility index (Phi) is 6.70. The highest BCUT2D eigenvalue weighted by Gasteiger charge is 2.47. The fraction of sp³-hybridized carbons (Fsp3) is 0.600. The molecule has 0 aliphatic carbocycles. The molecule has 1 N–H and O–H groups in total. The number of aromatic nitrogens is 2. The summed E-state index contributed by atoms with van der Waals surface area (Å²) < 4.78 is 30.4. The first-order chi connectivity index (χ1) is 12.3. The Balaban J connectivity index is 2.30. The van der Waals surface area contributed by atoms with Crippen LogP contribution in [0.25, 0.3) is 0 Å². The predicted octanol–water partition coefficient (Wildman–Crippen LogP) is 0.612. The number of hydrogen-bond donors (Lipinski definition) is 1. The number of rotatable bonds is 6. The van der Waals surface area contributed by atoms with E-state index in [2.05, 4.69) is 15.9 Å². The molecular weight excluding hydrogens is 419 g/mol. The summed E-state index contributed by atoms with van der Waals surface area (Å²) >= 11 is 3.29. The fourth-order valence-electron chi connectivity index (χ4n) is 2.35. The monoisotopic (exact) mass is 436 g/mol. The highest BCUT2D eigenvalue weighted by molar-refractivity contribution is 9.09. The van der Waals surface area contributed by atoms with Crippen molar-refractivity contribution in [2.45, 2.75) is 50.0 Å². The zero-order valence-electron chi connectivity index (χ0n) is 14.1. The van der Waals surface area contributed by atoms with Gasteiger partial charge in [-0.25, -0.2) is 4.79 Å². The van der Waals surface area contributed by atoms with Gasteiger partial charge in [0.15, 0.2) is 6.23 Å². The van der Waals surface area contributed by atoms with Crippen molar-refractivity contribution in [2.24, 2.45) is 0 Å². The van der Waals surface area contributed by atoms with Crippen molar-refractivity contribution in [2.75, 3.05) is 6.61 Å². The number of H-pyrrole nitrogens is 1. The van der Waals surface area contributed by atoms with Gasteiger partial charge in [-0.05, 0) is 0 Å². The van der Waals surface area contributed by atoms with Crippen LogP contribution in [0, 0.1) is 5.82 Å². The first kappa shape index (κ1) is 20.3. The molecule has 0 bridgehead atoms. The van der Waals surface area contributed by atoms with Crippen molar-refractivity contribution in [1.29, 1.82) is 0 Å². The molecule has 1 aliphatic heterocycles. The van der Waals surface area contributed by atoms with Gasteiger partial charge in [0.2, 0.25) is 5.82 Å². The number of nitrogens with one attached hydrogen (secondary N) is 1. The number of alkyl halides is 1. The van der Waals surface area contributed by atoms with E-state index < -0.39 is 52.3 Å². The van der Waals surface area contributed by atoms with Gasteiger partial charge in [0.05, 0.1) is 11.0 Å². The summed E-state index contributed by atoms with van der Waals surface area (Å²) in [7, 11) is 0.